The van der Waals surface area contributed by atoms with Crippen LogP contribution in [0.3, 0.4) is 0 Å². The number of halogens is 1. The maximum Gasteiger partial charge on any atom is 0.255 e. The number of amides is 2. The predicted molar refractivity (Wildman–Crippen MR) is 131 cm³/mol. The molecule has 0 aliphatic carbocycles. The minimum absolute atomic E-state index is 0.280. The molecule has 0 aliphatic rings. The second-order valence-corrected chi connectivity index (χ2v) is 7.62. The molecule has 4 aromatic rings. The number of anilines is 2. The summed E-state index contributed by atoms with van der Waals surface area (Å²) in [5.41, 5.74) is 3.04. The number of benzene rings is 4. The summed E-state index contributed by atoms with van der Waals surface area (Å²) < 4.78 is 18.9. The Balaban J connectivity index is 1.39. The molecule has 6 nitrogen and oxygen atoms in total. The molecule has 4 aromatic carbocycles. The van der Waals surface area contributed by atoms with E-state index in [1.807, 2.05) is 6.07 Å². The number of ether oxygens (including phenoxy) is 1. The van der Waals surface area contributed by atoms with Crippen molar-refractivity contribution in [2.45, 2.75) is 6.61 Å². The standard InChI is InChI=1S/C28H20FN3O3/c29-23-12-10-21(11-13-23)27(33)31-24-7-2-6-22(15-24)28(34)32-25-8-3-9-26(16-25)35-18-20-5-1-4-19(14-20)17-30/h1-16H,18H2,(H,31,33)(H,32,34). The number of carbonyl (C=O) groups excluding carboxylic acids is 2. The summed E-state index contributed by atoms with van der Waals surface area (Å²) in [6.45, 7) is 0.280. The molecular weight excluding hydrogens is 445 g/mol. The maximum absolute atomic E-state index is 13.1. The van der Waals surface area contributed by atoms with Gasteiger partial charge in [0.25, 0.3) is 11.8 Å². The van der Waals surface area contributed by atoms with E-state index in [1.54, 1.807) is 66.7 Å². The fourth-order valence-corrected chi connectivity index (χ4v) is 3.31. The van der Waals surface area contributed by atoms with Crippen molar-refractivity contribution >= 4 is 23.2 Å². The van der Waals surface area contributed by atoms with Crippen LogP contribution in [-0.2, 0) is 6.61 Å². The fraction of sp³-hybridized carbons (Fsp3) is 0.0357. The number of carbonyl (C=O) groups is 2. The number of hydrogen-bond donors (Lipinski definition) is 2. The van der Waals surface area contributed by atoms with Crippen LogP contribution >= 0.6 is 0 Å². The van der Waals surface area contributed by atoms with Crippen LogP contribution in [0.15, 0.2) is 97.1 Å². The van der Waals surface area contributed by atoms with Crippen molar-refractivity contribution < 1.29 is 18.7 Å². The summed E-state index contributed by atoms with van der Waals surface area (Å²) in [6, 6.07) is 27.9. The van der Waals surface area contributed by atoms with Crippen LogP contribution in [0.2, 0.25) is 0 Å². The van der Waals surface area contributed by atoms with Gasteiger partial charge in [0.05, 0.1) is 11.6 Å². The molecule has 0 fully saturated rings. The van der Waals surface area contributed by atoms with Crippen molar-refractivity contribution in [1.29, 1.82) is 5.26 Å². The summed E-state index contributed by atoms with van der Waals surface area (Å²) in [4.78, 5) is 25.2. The van der Waals surface area contributed by atoms with Gasteiger partial charge in [-0.15, -0.1) is 0 Å². The van der Waals surface area contributed by atoms with E-state index in [9.17, 15) is 14.0 Å². The third-order valence-electron chi connectivity index (χ3n) is 5.04. The molecule has 0 saturated carbocycles. The molecular formula is C28H20FN3O3. The molecule has 35 heavy (non-hydrogen) atoms. The summed E-state index contributed by atoms with van der Waals surface area (Å²) in [7, 11) is 0. The highest BCUT2D eigenvalue weighted by atomic mass is 19.1. The Bertz CT molecular complexity index is 1410. The molecule has 7 heteroatoms. The Hall–Kier alpha value is -4.96. The van der Waals surface area contributed by atoms with Gasteiger partial charge in [0.15, 0.2) is 0 Å². The van der Waals surface area contributed by atoms with E-state index in [4.69, 9.17) is 10.00 Å². The highest BCUT2D eigenvalue weighted by Gasteiger charge is 2.11. The van der Waals surface area contributed by atoms with Crippen molar-refractivity contribution in [3.05, 3.63) is 125 Å². The first kappa shape index (κ1) is 23.2. The first-order valence-electron chi connectivity index (χ1n) is 10.7. The van der Waals surface area contributed by atoms with E-state index in [2.05, 4.69) is 16.7 Å². The zero-order valence-electron chi connectivity index (χ0n) is 18.5. The SMILES string of the molecule is N#Cc1cccc(COc2cccc(NC(=O)c3cccc(NC(=O)c4ccc(F)cc4)c3)c2)c1. The normalized spacial score (nSPS) is 10.2. The summed E-state index contributed by atoms with van der Waals surface area (Å²) in [5.74, 6) is -0.636. The fourth-order valence-electron chi connectivity index (χ4n) is 3.31. The van der Waals surface area contributed by atoms with Gasteiger partial charge in [-0.3, -0.25) is 9.59 Å². The van der Waals surface area contributed by atoms with Gasteiger partial charge in [0.1, 0.15) is 18.2 Å². The molecule has 172 valence electrons. The van der Waals surface area contributed by atoms with Gasteiger partial charge in [0.2, 0.25) is 0 Å². The smallest absolute Gasteiger partial charge is 0.255 e. The maximum atomic E-state index is 13.1. The molecule has 0 spiro atoms. The van der Waals surface area contributed by atoms with Gasteiger partial charge in [0, 0.05) is 28.6 Å². The molecule has 0 atom stereocenters. The number of nitrogens with zero attached hydrogens (tertiary/aromatic N) is 1. The molecule has 0 unspecified atom stereocenters. The largest absolute Gasteiger partial charge is 0.489 e. The van der Waals surface area contributed by atoms with Crippen LogP contribution in [0, 0.1) is 17.1 Å². The second-order valence-electron chi connectivity index (χ2n) is 7.62. The lowest BCUT2D eigenvalue weighted by Gasteiger charge is -2.11. The Kier molecular flexibility index (Phi) is 7.14. The Morgan fingerprint density at radius 2 is 1.43 bits per heavy atom. The molecule has 0 bridgehead atoms. The first-order chi connectivity index (χ1) is 17.0. The van der Waals surface area contributed by atoms with E-state index in [0.29, 0.717) is 33.8 Å². The van der Waals surface area contributed by atoms with Crippen LogP contribution in [0.1, 0.15) is 31.8 Å². The lowest BCUT2D eigenvalue weighted by molar-refractivity contribution is 0.101. The Morgan fingerprint density at radius 1 is 0.771 bits per heavy atom. The molecule has 2 amide bonds. The summed E-state index contributed by atoms with van der Waals surface area (Å²) in [6.07, 6.45) is 0. The van der Waals surface area contributed by atoms with E-state index in [0.717, 1.165) is 5.56 Å². The summed E-state index contributed by atoms with van der Waals surface area (Å²) in [5, 5.41) is 14.5. The van der Waals surface area contributed by atoms with Crippen molar-refractivity contribution in [2.75, 3.05) is 10.6 Å². The average Bonchev–Trinajstić information content (AvgIpc) is 2.88. The molecule has 0 saturated heterocycles. The third kappa shape index (κ3) is 6.30. The number of nitrogens with one attached hydrogen (secondary N) is 2. The van der Waals surface area contributed by atoms with Gasteiger partial charge in [-0.1, -0.05) is 24.3 Å². The van der Waals surface area contributed by atoms with Crippen LogP contribution < -0.4 is 15.4 Å². The molecule has 0 radical (unpaired) electrons. The molecule has 0 heterocycles. The molecule has 2 N–H and O–H groups in total. The van der Waals surface area contributed by atoms with Gasteiger partial charge in [-0.05, 0) is 72.3 Å². The highest BCUT2D eigenvalue weighted by molar-refractivity contribution is 6.07. The van der Waals surface area contributed by atoms with Gasteiger partial charge in [-0.25, -0.2) is 4.39 Å². The lowest BCUT2D eigenvalue weighted by Crippen LogP contribution is -2.14. The van der Waals surface area contributed by atoms with E-state index < -0.39 is 11.7 Å². The van der Waals surface area contributed by atoms with Crippen LogP contribution in [0.4, 0.5) is 15.8 Å². The van der Waals surface area contributed by atoms with Gasteiger partial charge in [-0.2, -0.15) is 5.26 Å². The molecule has 0 aromatic heterocycles. The third-order valence-corrected chi connectivity index (χ3v) is 5.04. The van der Waals surface area contributed by atoms with Crippen LogP contribution in [-0.4, -0.2) is 11.8 Å². The molecule has 4 rings (SSSR count). The average molecular weight is 465 g/mol. The van der Waals surface area contributed by atoms with Crippen LogP contribution in [0.5, 0.6) is 5.75 Å². The minimum atomic E-state index is -0.428. The lowest BCUT2D eigenvalue weighted by atomic mass is 10.1. The van der Waals surface area contributed by atoms with Crippen LogP contribution in [0.25, 0.3) is 0 Å². The number of nitriles is 1. The zero-order valence-corrected chi connectivity index (χ0v) is 18.5. The quantitative estimate of drug-likeness (QED) is 0.362. The first-order valence-corrected chi connectivity index (χ1v) is 10.7. The van der Waals surface area contributed by atoms with E-state index in [-0.39, 0.29) is 12.5 Å². The number of rotatable bonds is 7. The minimum Gasteiger partial charge on any atom is -0.489 e. The van der Waals surface area contributed by atoms with Gasteiger partial charge >= 0.3 is 0 Å². The zero-order chi connectivity index (χ0) is 24.6. The van der Waals surface area contributed by atoms with Crippen molar-refractivity contribution in [3.8, 4) is 11.8 Å². The second kappa shape index (κ2) is 10.8. The summed E-state index contributed by atoms with van der Waals surface area (Å²) >= 11 is 0. The Labute approximate surface area is 201 Å². The van der Waals surface area contributed by atoms with E-state index in [1.165, 1.54) is 24.3 Å². The number of hydrogen-bond acceptors (Lipinski definition) is 4. The van der Waals surface area contributed by atoms with E-state index >= 15 is 0 Å². The predicted octanol–water partition coefficient (Wildman–Crippen LogP) is 5.78. The monoisotopic (exact) mass is 465 g/mol. The highest BCUT2D eigenvalue weighted by Crippen LogP contribution is 2.20. The Morgan fingerprint density at radius 3 is 2.17 bits per heavy atom. The molecule has 0 aliphatic heterocycles. The van der Waals surface area contributed by atoms with Gasteiger partial charge < -0.3 is 15.4 Å². The van der Waals surface area contributed by atoms with Crippen molar-refractivity contribution in [2.24, 2.45) is 0 Å². The topological polar surface area (TPSA) is 91.2 Å². The van der Waals surface area contributed by atoms with Crippen molar-refractivity contribution in [3.63, 3.8) is 0 Å². The van der Waals surface area contributed by atoms with Crippen molar-refractivity contribution in [1.82, 2.24) is 0 Å².